The highest BCUT2D eigenvalue weighted by Crippen LogP contribution is 2.31. The summed E-state index contributed by atoms with van der Waals surface area (Å²) in [6.45, 7) is 1.05. The van der Waals surface area contributed by atoms with Crippen molar-refractivity contribution < 1.29 is 14.3 Å². The van der Waals surface area contributed by atoms with E-state index in [4.69, 9.17) is 9.47 Å². The molecule has 0 atom stereocenters. The van der Waals surface area contributed by atoms with Crippen molar-refractivity contribution in [3.05, 3.63) is 42.2 Å². The van der Waals surface area contributed by atoms with Gasteiger partial charge in [-0.05, 0) is 24.3 Å². The first-order chi connectivity index (χ1) is 9.83. The Balaban J connectivity index is 1.68. The van der Waals surface area contributed by atoms with E-state index < -0.39 is 0 Å². The molecule has 0 saturated carbocycles. The molecular formula is C14H12N2O3S. The third-order valence-corrected chi connectivity index (χ3v) is 3.61. The third-order valence-electron chi connectivity index (χ3n) is 2.74. The lowest BCUT2D eigenvalue weighted by Crippen LogP contribution is -2.16. The number of aromatic nitrogens is 2. The van der Waals surface area contributed by atoms with Gasteiger partial charge in [-0.3, -0.25) is 4.79 Å². The zero-order chi connectivity index (χ0) is 13.8. The molecule has 3 rings (SSSR count). The number of Topliss-reactive ketones (excluding diaryl/α,β-unsaturated/α-hetero) is 1. The molecule has 0 N–H and O–H groups in total. The van der Waals surface area contributed by atoms with Gasteiger partial charge in [-0.1, -0.05) is 11.8 Å². The Morgan fingerprint density at radius 3 is 2.70 bits per heavy atom. The summed E-state index contributed by atoms with van der Waals surface area (Å²) in [5.74, 6) is 1.62. The number of rotatable bonds is 4. The highest BCUT2D eigenvalue weighted by molar-refractivity contribution is 7.99. The molecule has 2 heterocycles. The van der Waals surface area contributed by atoms with Gasteiger partial charge < -0.3 is 9.47 Å². The van der Waals surface area contributed by atoms with Crippen LogP contribution in [0.5, 0.6) is 11.5 Å². The predicted octanol–water partition coefficient (Wildman–Crippen LogP) is 2.22. The second kappa shape index (κ2) is 5.92. The molecule has 6 heteroatoms. The molecule has 102 valence electrons. The number of ether oxygens (including phenoxy) is 2. The van der Waals surface area contributed by atoms with Gasteiger partial charge in [0, 0.05) is 18.0 Å². The molecule has 5 nitrogen and oxygen atoms in total. The number of hydrogen-bond acceptors (Lipinski definition) is 6. The quantitative estimate of drug-likeness (QED) is 0.488. The van der Waals surface area contributed by atoms with Crippen LogP contribution in [0.1, 0.15) is 10.4 Å². The zero-order valence-electron chi connectivity index (χ0n) is 10.6. The number of carbonyl (C=O) groups is 1. The predicted molar refractivity (Wildman–Crippen MR) is 74.5 cm³/mol. The third kappa shape index (κ3) is 2.91. The molecule has 0 aliphatic carbocycles. The fourth-order valence-corrected chi connectivity index (χ4v) is 2.49. The van der Waals surface area contributed by atoms with Crippen LogP contribution in [0.15, 0.2) is 41.8 Å². The Bertz CT molecular complexity index is 619. The van der Waals surface area contributed by atoms with Crippen LogP contribution in [0.3, 0.4) is 0 Å². The fourth-order valence-electron chi connectivity index (χ4n) is 1.79. The normalized spacial score (nSPS) is 13.0. The zero-order valence-corrected chi connectivity index (χ0v) is 11.4. The Morgan fingerprint density at radius 2 is 1.90 bits per heavy atom. The van der Waals surface area contributed by atoms with Crippen molar-refractivity contribution in [2.45, 2.75) is 5.16 Å². The van der Waals surface area contributed by atoms with Gasteiger partial charge in [0.1, 0.15) is 13.2 Å². The Hall–Kier alpha value is -2.08. The molecule has 1 aliphatic rings. The van der Waals surface area contributed by atoms with E-state index in [-0.39, 0.29) is 5.78 Å². The first-order valence-corrected chi connectivity index (χ1v) is 7.14. The van der Waals surface area contributed by atoms with E-state index in [2.05, 4.69) is 9.97 Å². The maximum Gasteiger partial charge on any atom is 0.187 e. The van der Waals surface area contributed by atoms with Crippen LogP contribution >= 0.6 is 11.8 Å². The van der Waals surface area contributed by atoms with Crippen LogP contribution in [-0.4, -0.2) is 34.7 Å². The minimum atomic E-state index is 0.0134. The van der Waals surface area contributed by atoms with E-state index in [0.29, 0.717) is 41.2 Å². The first-order valence-electron chi connectivity index (χ1n) is 6.15. The molecule has 1 aromatic carbocycles. The second-order valence-electron chi connectivity index (χ2n) is 4.10. The van der Waals surface area contributed by atoms with E-state index in [0.717, 1.165) is 0 Å². The highest BCUT2D eigenvalue weighted by Gasteiger charge is 2.15. The van der Waals surface area contributed by atoms with Gasteiger partial charge in [-0.15, -0.1) is 0 Å². The molecular weight excluding hydrogens is 276 g/mol. The van der Waals surface area contributed by atoms with E-state index in [9.17, 15) is 4.79 Å². The van der Waals surface area contributed by atoms with Crippen molar-refractivity contribution in [3.8, 4) is 11.5 Å². The lowest BCUT2D eigenvalue weighted by Gasteiger charge is -2.18. The van der Waals surface area contributed by atoms with Crippen molar-refractivity contribution in [1.82, 2.24) is 9.97 Å². The van der Waals surface area contributed by atoms with Crippen molar-refractivity contribution in [3.63, 3.8) is 0 Å². The molecule has 0 amide bonds. The van der Waals surface area contributed by atoms with E-state index in [1.807, 2.05) is 0 Å². The van der Waals surface area contributed by atoms with Crippen LogP contribution in [-0.2, 0) is 0 Å². The van der Waals surface area contributed by atoms with Gasteiger partial charge in [-0.25, -0.2) is 9.97 Å². The highest BCUT2D eigenvalue weighted by atomic mass is 32.2. The van der Waals surface area contributed by atoms with E-state index in [1.165, 1.54) is 11.8 Å². The standard InChI is InChI=1S/C14H12N2O3S/c17-11(9-20-14-15-4-1-5-16-14)10-2-3-12-13(8-10)19-7-6-18-12/h1-5,8H,6-7,9H2. The minimum Gasteiger partial charge on any atom is -0.486 e. The molecule has 0 unspecified atom stereocenters. The van der Waals surface area contributed by atoms with Crippen molar-refractivity contribution in [1.29, 1.82) is 0 Å². The molecule has 1 aliphatic heterocycles. The summed E-state index contributed by atoms with van der Waals surface area (Å²) in [5, 5.41) is 0.596. The number of nitrogens with zero attached hydrogens (tertiary/aromatic N) is 2. The summed E-state index contributed by atoms with van der Waals surface area (Å²) >= 11 is 1.32. The van der Waals surface area contributed by atoms with Crippen LogP contribution in [0.4, 0.5) is 0 Å². The van der Waals surface area contributed by atoms with Gasteiger partial charge >= 0.3 is 0 Å². The van der Waals surface area contributed by atoms with Gasteiger partial charge in [0.2, 0.25) is 0 Å². The summed E-state index contributed by atoms with van der Waals surface area (Å²) in [6.07, 6.45) is 3.31. The van der Waals surface area contributed by atoms with Crippen LogP contribution in [0.2, 0.25) is 0 Å². The first kappa shape index (κ1) is 12.9. The second-order valence-corrected chi connectivity index (χ2v) is 5.04. The van der Waals surface area contributed by atoms with Gasteiger partial charge in [0.05, 0.1) is 5.75 Å². The summed E-state index contributed by atoms with van der Waals surface area (Å²) in [5.41, 5.74) is 0.609. The Kier molecular flexibility index (Phi) is 3.83. The summed E-state index contributed by atoms with van der Waals surface area (Å²) in [6, 6.07) is 6.99. The number of hydrogen-bond donors (Lipinski definition) is 0. The topological polar surface area (TPSA) is 61.3 Å². The Morgan fingerprint density at radius 1 is 1.15 bits per heavy atom. The SMILES string of the molecule is O=C(CSc1ncccn1)c1ccc2c(c1)OCCO2. The number of benzene rings is 1. The van der Waals surface area contributed by atoms with Crippen LogP contribution in [0, 0.1) is 0 Å². The number of ketones is 1. The van der Waals surface area contributed by atoms with E-state index in [1.54, 1.807) is 36.7 Å². The van der Waals surface area contributed by atoms with E-state index >= 15 is 0 Å². The maximum absolute atomic E-state index is 12.1. The van der Waals surface area contributed by atoms with Crippen molar-refractivity contribution in [2.75, 3.05) is 19.0 Å². The van der Waals surface area contributed by atoms with Crippen molar-refractivity contribution >= 4 is 17.5 Å². The van der Waals surface area contributed by atoms with Crippen LogP contribution in [0.25, 0.3) is 0 Å². The van der Waals surface area contributed by atoms with Gasteiger partial charge in [-0.2, -0.15) is 0 Å². The number of fused-ring (bicyclic) bond motifs is 1. The summed E-state index contributed by atoms with van der Waals surface area (Å²) in [7, 11) is 0. The molecule has 20 heavy (non-hydrogen) atoms. The average molecular weight is 288 g/mol. The molecule has 2 aromatic rings. The molecule has 0 radical (unpaired) electrons. The molecule has 0 saturated heterocycles. The smallest absolute Gasteiger partial charge is 0.187 e. The van der Waals surface area contributed by atoms with Gasteiger partial charge in [0.25, 0.3) is 0 Å². The van der Waals surface area contributed by atoms with Gasteiger partial charge in [0.15, 0.2) is 22.4 Å². The number of thioether (sulfide) groups is 1. The average Bonchev–Trinajstić information content (AvgIpc) is 2.53. The fraction of sp³-hybridized carbons (Fsp3) is 0.214. The lowest BCUT2D eigenvalue weighted by atomic mass is 10.1. The molecule has 0 spiro atoms. The Labute approximate surface area is 120 Å². The molecule has 0 fully saturated rings. The largest absolute Gasteiger partial charge is 0.486 e. The number of carbonyl (C=O) groups excluding carboxylic acids is 1. The maximum atomic E-state index is 12.1. The molecule has 1 aromatic heterocycles. The minimum absolute atomic E-state index is 0.0134. The summed E-state index contributed by atoms with van der Waals surface area (Å²) in [4.78, 5) is 20.3. The monoisotopic (exact) mass is 288 g/mol. The molecule has 0 bridgehead atoms. The van der Waals surface area contributed by atoms with Crippen LogP contribution < -0.4 is 9.47 Å². The lowest BCUT2D eigenvalue weighted by molar-refractivity contribution is 0.102. The van der Waals surface area contributed by atoms with Crippen molar-refractivity contribution in [2.24, 2.45) is 0 Å². The summed E-state index contributed by atoms with van der Waals surface area (Å²) < 4.78 is 10.9.